The van der Waals surface area contributed by atoms with E-state index in [1.54, 1.807) is 29.5 Å². The van der Waals surface area contributed by atoms with E-state index in [0.717, 1.165) is 0 Å². The van der Waals surface area contributed by atoms with Gasteiger partial charge in [0.25, 0.3) is 5.56 Å². The lowest BCUT2D eigenvalue weighted by atomic mass is 10.2. The number of para-hydroxylation sites is 3. The van der Waals surface area contributed by atoms with Gasteiger partial charge < -0.3 is 5.32 Å². The lowest BCUT2D eigenvalue weighted by Gasteiger charge is -2.12. The van der Waals surface area contributed by atoms with E-state index in [1.165, 1.54) is 22.8 Å². The third-order valence-corrected chi connectivity index (χ3v) is 4.12. The molecule has 0 saturated carbocycles. The maximum absolute atomic E-state index is 13.7. The number of anilines is 1. The summed E-state index contributed by atoms with van der Waals surface area (Å²) in [7, 11) is 0. The molecule has 0 atom stereocenters. The number of aromatic nitrogens is 4. The third-order valence-electron chi connectivity index (χ3n) is 4.12. The molecule has 4 aromatic rings. The molecule has 1 amide bonds. The first-order chi connectivity index (χ1) is 12.6. The Morgan fingerprint density at radius 2 is 1.77 bits per heavy atom. The largest absolute Gasteiger partial charge is 0.322 e. The number of carbonyl (C=O) groups excluding carboxylic acids is 1. The average Bonchev–Trinajstić information content (AvgIpc) is 3.03. The van der Waals surface area contributed by atoms with Crippen molar-refractivity contribution in [1.82, 2.24) is 19.2 Å². The van der Waals surface area contributed by atoms with Gasteiger partial charge in [-0.15, -0.1) is 10.2 Å². The Labute approximate surface area is 146 Å². The molecular formula is C18H14FN5O2. The second kappa shape index (κ2) is 6.07. The topological polar surface area (TPSA) is 81.3 Å². The maximum Gasteiger partial charge on any atom is 0.297 e. The minimum atomic E-state index is -0.540. The first kappa shape index (κ1) is 15.9. The number of fused-ring (bicyclic) bond motifs is 3. The molecule has 0 unspecified atom stereocenters. The van der Waals surface area contributed by atoms with E-state index in [9.17, 15) is 14.0 Å². The van der Waals surface area contributed by atoms with Crippen LogP contribution in [-0.4, -0.2) is 25.1 Å². The fourth-order valence-corrected chi connectivity index (χ4v) is 2.95. The van der Waals surface area contributed by atoms with Crippen LogP contribution in [0, 0.1) is 12.7 Å². The molecule has 0 aliphatic carbocycles. The van der Waals surface area contributed by atoms with Gasteiger partial charge in [0, 0.05) is 0 Å². The molecule has 4 rings (SSSR count). The summed E-state index contributed by atoms with van der Waals surface area (Å²) < 4.78 is 16.7. The summed E-state index contributed by atoms with van der Waals surface area (Å²) in [6, 6.07) is 13.0. The number of halogens is 1. The van der Waals surface area contributed by atoms with Crippen molar-refractivity contribution in [3.63, 3.8) is 0 Å². The van der Waals surface area contributed by atoms with Crippen LogP contribution in [0.5, 0.6) is 0 Å². The zero-order chi connectivity index (χ0) is 18.3. The number of nitrogens with one attached hydrogen (secondary N) is 1. The number of benzene rings is 2. The van der Waals surface area contributed by atoms with E-state index >= 15 is 0 Å². The zero-order valence-electron chi connectivity index (χ0n) is 13.8. The standard InChI is InChI=1S/C18H14FN5O2/c1-11-21-22-17-18(26)23(14-8-4-5-9-15(14)24(11)17)10-16(25)20-13-7-3-2-6-12(13)19/h2-9H,10H2,1H3,(H,20,25). The van der Waals surface area contributed by atoms with Gasteiger partial charge in [-0.05, 0) is 31.2 Å². The fourth-order valence-electron chi connectivity index (χ4n) is 2.95. The highest BCUT2D eigenvalue weighted by Gasteiger charge is 2.16. The average molecular weight is 351 g/mol. The quantitative estimate of drug-likeness (QED) is 0.613. The molecule has 7 nitrogen and oxygen atoms in total. The van der Waals surface area contributed by atoms with Crippen LogP contribution in [-0.2, 0) is 11.3 Å². The van der Waals surface area contributed by atoms with Crippen LogP contribution in [0.1, 0.15) is 5.82 Å². The van der Waals surface area contributed by atoms with Crippen molar-refractivity contribution in [2.45, 2.75) is 13.5 Å². The number of carbonyl (C=O) groups is 1. The van der Waals surface area contributed by atoms with Gasteiger partial charge >= 0.3 is 0 Å². The van der Waals surface area contributed by atoms with Gasteiger partial charge in [-0.3, -0.25) is 18.6 Å². The Morgan fingerprint density at radius 1 is 1.08 bits per heavy atom. The van der Waals surface area contributed by atoms with Crippen molar-refractivity contribution >= 4 is 28.3 Å². The Bertz CT molecular complexity index is 1210. The highest BCUT2D eigenvalue weighted by molar-refractivity contribution is 5.91. The lowest BCUT2D eigenvalue weighted by molar-refractivity contribution is -0.116. The summed E-state index contributed by atoms with van der Waals surface area (Å²) in [5.74, 6) is -0.471. The normalized spacial score (nSPS) is 11.2. The van der Waals surface area contributed by atoms with Crippen LogP contribution in [0.3, 0.4) is 0 Å². The summed E-state index contributed by atoms with van der Waals surface area (Å²) in [6.45, 7) is 1.48. The van der Waals surface area contributed by atoms with Gasteiger partial charge in [0.2, 0.25) is 11.6 Å². The van der Waals surface area contributed by atoms with E-state index in [2.05, 4.69) is 15.5 Å². The molecule has 0 radical (unpaired) electrons. The molecule has 0 aliphatic heterocycles. The van der Waals surface area contributed by atoms with Crippen molar-refractivity contribution in [3.05, 3.63) is 70.5 Å². The molecule has 130 valence electrons. The summed E-state index contributed by atoms with van der Waals surface area (Å²) in [5, 5.41) is 10.4. The van der Waals surface area contributed by atoms with Crippen LogP contribution in [0.15, 0.2) is 53.3 Å². The summed E-state index contributed by atoms with van der Waals surface area (Å²) in [5.41, 5.74) is 1.04. The number of rotatable bonds is 3. The number of aryl methyl sites for hydroxylation is 1. The van der Waals surface area contributed by atoms with Gasteiger partial charge in [-0.2, -0.15) is 0 Å². The summed E-state index contributed by atoms with van der Waals surface area (Å²) in [6.07, 6.45) is 0. The molecule has 2 heterocycles. The third kappa shape index (κ3) is 2.52. The molecule has 0 spiro atoms. The van der Waals surface area contributed by atoms with Crippen LogP contribution in [0.25, 0.3) is 16.7 Å². The molecule has 2 aromatic heterocycles. The Kier molecular flexibility index (Phi) is 3.72. The minimum absolute atomic E-state index is 0.0641. The van der Waals surface area contributed by atoms with E-state index in [4.69, 9.17) is 0 Å². The molecule has 8 heteroatoms. The van der Waals surface area contributed by atoms with Crippen LogP contribution in [0.2, 0.25) is 0 Å². The van der Waals surface area contributed by atoms with Crippen molar-refractivity contribution in [2.75, 3.05) is 5.32 Å². The van der Waals surface area contributed by atoms with Crippen molar-refractivity contribution in [2.24, 2.45) is 0 Å². The smallest absolute Gasteiger partial charge is 0.297 e. The molecule has 0 saturated heterocycles. The van der Waals surface area contributed by atoms with E-state index in [0.29, 0.717) is 16.9 Å². The van der Waals surface area contributed by atoms with Gasteiger partial charge in [-0.25, -0.2) is 4.39 Å². The summed E-state index contributed by atoms with van der Waals surface area (Å²) in [4.78, 5) is 25.2. The SMILES string of the molecule is Cc1nnc2c(=O)n(CC(=O)Nc3ccccc3F)c3ccccc3n12. The predicted molar refractivity (Wildman–Crippen MR) is 94.5 cm³/mol. The Hall–Kier alpha value is -3.55. The highest BCUT2D eigenvalue weighted by atomic mass is 19.1. The minimum Gasteiger partial charge on any atom is -0.322 e. The van der Waals surface area contributed by atoms with E-state index in [-0.39, 0.29) is 17.9 Å². The number of hydrogen-bond donors (Lipinski definition) is 1. The second-order valence-electron chi connectivity index (χ2n) is 5.81. The van der Waals surface area contributed by atoms with E-state index < -0.39 is 17.3 Å². The lowest BCUT2D eigenvalue weighted by Crippen LogP contribution is -2.29. The van der Waals surface area contributed by atoms with E-state index in [1.807, 2.05) is 12.1 Å². The number of amides is 1. The first-order valence-corrected chi connectivity index (χ1v) is 7.94. The monoisotopic (exact) mass is 351 g/mol. The molecule has 1 N–H and O–H groups in total. The summed E-state index contributed by atoms with van der Waals surface area (Å²) >= 11 is 0. The number of hydrogen-bond acceptors (Lipinski definition) is 4. The maximum atomic E-state index is 13.7. The van der Waals surface area contributed by atoms with Crippen molar-refractivity contribution in [3.8, 4) is 0 Å². The van der Waals surface area contributed by atoms with Gasteiger partial charge in [-0.1, -0.05) is 24.3 Å². The van der Waals surface area contributed by atoms with Crippen molar-refractivity contribution in [1.29, 1.82) is 0 Å². The molecule has 26 heavy (non-hydrogen) atoms. The highest BCUT2D eigenvalue weighted by Crippen LogP contribution is 2.16. The van der Waals surface area contributed by atoms with Crippen LogP contribution >= 0.6 is 0 Å². The zero-order valence-corrected chi connectivity index (χ0v) is 13.8. The number of nitrogens with zero attached hydrogens (tertiary/aromatic N) is 4. The van der Waals surface area contributed by atoms with Gasteiger partial charge in [0.1, 0.15) is 18.2 Å². The second-order valence-corrected chi connectivity index (χ2v) is 5.81. The predicted octanol–water partition coefficient (Wildman–Crippen LogP) is 2.13. The van der Waals surface area contributed by atoms with Gasteiger partial charge in [0.15, 0.2) is 0 Å². The fraction of sp³-hybridized carbons (Fsp3) is 0.111. The van der Waals surface area contributed by atoms with Crippen molar-refractivity contribution < 1.29 is 9.18 Å². The molecule has 0 fully saturated rings. The molecule has 2 aromatic carbocycles. The first-order valence-electron chi connectivity index (χ1n) is 7.94. The molecular weight excluding hydrogens is 337 g/mol. The Balaban J connectivity index is 1.81. The van der Waals surface area contributed by atoms with Crippen LogP contribution < -0.4 is 10.9 Å². The van der Waals surface area contributed by atoms with Crippen LogP contribution in [0.4, 0.5) is 10.1 Å². The van der Waals surface area contributed by atoms with Gasteiger partial charge in [0.05, 0.1) is 16.7 Å². The Morgan fingerprint density at radius 3 is 2.54 bits per heavy atom. The molecule has 0 bridgehead atoms. The molecule has 0 aliphatic rings.